The van der Waals surface area contributed by atoms with Gasteiger partial charge in [0, 0.05) is 17.5 Å². The summed E-state index contributed by atoms with van der Waals surface area (Å²) in [5, 5.41) is 44.4. The van der Waals surface area contributed by atoms with Gasteiger partial charge in [0.2, 0.25) is 0 Å². The molecule has 0 heterocycles. The maximum atomic E-state index is 11.0. The Hall–Kier alpha value is -3.02. The Morgan fingerprint density at radius 1 is 1.09 bits per heavy atom. The third-order valence-electron chi connectivity index (χ3n) is 4.33. The van der Waals surface area contributed by atoms with Crippen molar-refractivity contribution in [2.45, 2.75) is 16.7 Å². The average molecular weight is 487 g/mol. The van der Waals surface area contributed by atoms with E-state index in [1.165, 1.54) is 18.2 Å². The van der Waals surface area contributed by atoms with Crippen molar-refractivity contribution in [1.29, 1.82) is 0 Å². The molecule has 0 unspecified atom stereocenters. The molecule has 0 aliphatic heterocycles. The van der Waals surface area contributed by atoms with Crippen LogP contribution < -0.4 is 10.9 Å². The van der Waals surface area contributed by atoms with Crippen LogP contribution in [0.15, 0.2) is 46.2 Å². The largest absolute Gasteiger partial charge is 0.506 e. The van der Waals surface area contributed by atoms with Crippen LogP contribution in [0.3, 0.4) is 0 Å². The van der Waals surface area contributed by atoms with Crippen molar-refractivity contribution in [3.8, 4) is 11.5 Å². The second kappa shape index (κ2) is 9.23. The van der Waals surface area contributed by atoms with Gasteiger partial charge in [-0.25, -0.2) is 5.26 Å². The van der Waals surface area contributed by atoms with Gasteiger partial charge in [0.05, 0.1) is 26.8 Å². The fourth-order valence-corrected chi connectivity index (χ4v) is 4.07. The van der Waals surface area contributed by atoms with Crippen molar-refractivity contribution < 1.29 is 43.4 Å². The number of hydrogen-bond acceptors (Lipinski definition) is 13. The Bertz CT molecular complexity index is 1190. The quantitative estimate of drug-likeness (QED) is 0.0698. The monoisotopic (exact) mass is 487 g/mol. The molecule has 0 atom stereocenters. The fourth-order valence-electron chi connectivity index (χ4n) is 2.94. The van der Waals surface area contributed by atoms with Gasteiger partial charge in [-0.2, -0.15) is 0 Å². The lowest BCUT2D eigenvalue weighted by molar-refractivity contribution is -0.432. The van der Waals surface area contributed by atoms with Gasteiger partial charge in [0.25, 0.3) is 5.69 Å². The van der Waals surface area contributed by atoms with E-state index in [0.29, 0.717) is 17.6 Å². The molecule has 0 amide bonds. The van der Waals surface area contributed by atoms with Crippen LogP contribution in [-0.4, -0.2) is 34.1 Å². The Kier molecular flexibility index (Phi) is 6.82. The van der Waals surface area contributed by atoms with Gasteiger partial charge < -0.3 is 23.9 Å². The molecule has 32 heavy (non-hydrogen) atoms. The molecule has 0 saturated heterocycles. The zero-order valence-corrected chi connectivity index (χ0v) is 17.7. The van der Waals surface area contributed by atoms with E-state index in [0.717, 1.165) is 18.2 Å². The van der Waals surface area contributed by atoms with Gasteiger partial charge in [-0.05, 0) is 42.1 Å². The number of phenols is 2. The number of phenolic OH excluding ortho intramolecular Hbond substituents is 2. The van der Waals surface area contributed by atoms with Gasteiger partial charge in [-0.1, -0.05) is 5.04 Å². The van der Waals surface area contributed by atoms with Crippen molar-refractivity contribution in [3.63, 3.8) is 0 Å². The number of nitro groups is 1. The second-order valence-corrected chi connectivity index (χ2v) is 8.64. The van der Waals surface area contributed by atoms with Gasteiger partial charge in [-0.15, -0.1) is 4.33 Å². The van der Waals surface area contributed by atoms with Gasteiger partial charge in [-0.3, -0.25) is 21.0 Å². The lowest BCUT2D eigenvalue weighted by Gasteiger charge is -2.22. The van der Waals surface area contributed by atoms with Crippen molar-refractivity contribution >= 4 is 50.7 Å². The van der Waals surface area contributed by atoms with E-state index in [4.69, 9.17) is 5.26 Å². The number of hydrazine groups is 1. The topological polar surface area (TPSA) is 207 Å². The van der Waals surface area contributed by atoms with Crippen molar-refractivity contribution in [1.82, 2.24) is 0 Å². The van der Waals surface area contributed by atoms with Crippen LogP contribution in [0, 0.1) is 17.0 Å². The first-order valence-electron chi connectivity index (χ1n) is 8.48. The van der Waals surface area contributed by atoms with Crippen LogP contribution in [0.2, 0.25) is 0 Å². The predicted molar refractivity (Wildman–Crippen MR) is 117 cm³/mol. The van der Waals surface area contributed by atoms with E-state index in [2.05, 4.69) is 20.2 Å². The maximum Gasteiger partial charge on any atom is 0.271 e. The molecule has 3 aromatic carbocycles. The van der Waals surface area contributed by atoms with E-state index in [1.54, 1.807) is 6.92 Å². The molecule has 0 aliphatic rings. The summed E-state index contributed by atoms with van der Waals surface area (Å²) < 4.78 is 33.1. The Balaban J connectivity index is 2.09. The molecule has 0 fully saturated rings. The lowest BCUT2D eigenvalue weighted by Crippen LogP contribution is -2.10. The van der Waals surface area contributed by atoms with E-state index < -0.39 is 15.8 Å². The number of aromatic hydroxyl groups is 2. The molecule has 3 rings (SSSR count). The molecule has 0 spiro atoms. The highest BCUT2D eigenvalue weighted by atomic mass is 32.3. The molecule has 15 heteroatoms. The summed E-state index contributed by atoms with van der Waals surface area (Å²) >= 11 is 0.456. The molecular weight excluding hydrogens is 470 g/mol. The number of rotatable bonds is 8. The number of hydrogen-bond donors (Lipinski definition) is 8. The molecular formula is C17H17N3O10S2. The average Bonchev–Trinajstić information content (AvgIpc) is 2.71. The first-order chi connectivity index (χ1) is 15.0. The predicted octanol–water partition coefficient (Wildman–Crippen LogP) is 4.92. The number of nitrogens with zero attached hydrogens (tertiary/aromatic N) is 1. The Labute approximate surface area is 185 Å². The summed E-state index contributed by atoms with van der Waals surface area (Å²) in [6, 6.07) is 7.21. The minimum absolute atomic E-state index is 0.0306. The third kappa shape index (κ3) is 4.90. The minimum atomic E-state index is -4.03. The summed E-state index contributed by atoms with van der Waals surface area (Å²) in [6.45, 7) is 1.56. The Morgan fingerprint density at radius 2 is 1.81 bits per heavy atom. The summed E-state index contributed by atoms with van der Waals surface area (Å²) in [7, 11) is -4.03. The highest BCUT2D eigenvalue weighted by Gasteiger charge is 2.22. The van der Waals surface area contributed by atoms with Crippen LogP contribution in [-0.2, 0) is 9.37 Å². The van der Waals surface area contributed by atoms with Crippen molar-refractivity contribution in [2.24, 2.45) is 0 Å². The molecule has 172 valence electrons. The SMILES string of the molecule is Cc1cc(S(O)(O)O)cc2cc(SOOO)c(NNc3cc([N+](=O)[O-])ccc3O)c(O)c12. The highest BCUT2D eigenvalue weighted by molar-refractivity contribution is 8.19. The van der Waals surface area contributed by atoms with E-state index in [9.17, 15) is 34.0 Å². The molecule has 0 radical (unpaired) electrons. The smallest absolute Gasteiger partial charge is 0.271 e. The van der Waals surface area contributed by atoms with Gasteiger partial charge in [0.15, 0.2) is 0 Å². The van der Waals surface area contributed by atoms with Crippen molar-refractivity contribution in [2.75, 3.05) is 10.9 Å². The minimum Gasteiger partial charge on any atom is -0.506 e. The zero-order valence-electron chi connectivity index (χ0n) is 16.0. The number of fused-ring (bicyclic) bond motifs is 1. The molecule has 0 aliphatic carbocycles. The lowest BCUT2D eigenvalue weighted by atomic mass is 10.0. The third-order valence-corrected chi connectivity index (χ3v) is 5.83. The maximum absolute atomic E-state index is 11.0. The van der Waals surface area contributed by atoms with Crippen molar-refractivity contribution in [3.05, 3.63) is 52.1 Å². The van der Waals surface area contributed by atoms with Crippen LogP contribution >= 0.6 is 22.9 Å². The normalized spacial score (nSPS) is 12.0. The van der Waals surface area contributed by atoms with Crippen LogP contribution in [0.1, 0.15) is 5.56 Å². The van der Waals surface area contributed by atoms with E-state index in [1.807, 2.05) is 0 Å². The number of anilines is 2. The molecule has 13 nitrogen and oxygen atoms in total. The number of benzene rings is 3. The van der Waals surface area contributed by atoms with Gasteiger partial charge in [0.1, 0.15) is 33.7 Å². The molecule has 0 aromatic heterocycles. The summed E-state index contributed by atoms with van der Waals surface area (Å²) in [6.07, 6.45) is 0. The molecule has 8 N–H and O–H groups in total. The van der Waals surface area contributed by atoms with Gasteiger partial charge >= 0.3 is 0 Å². The Morgan fingerprint density at radius 3 is 2.44 bits per heavy atom. The second-order valence-electron chi connectivity index (χ2n) is 6.39. The summed E-state index contributed by atoms with van der Waals surface area (Å²) in [5.41, 5.74) is 5.14. The zero-order chi connectivity index (χ0) is 23.6. The first kappa shape index (κ1) is 23.6. The highest BCUT2D eigenvalue weighted by Crippen LogP contribution is 2.49. The standard InChI is InChI=1S/C17H17N3O10S2/c1-8-4-11(32(26,27)28)5-9-6-14(31-30-29-25)16(17(22)15(8)9)19-18-12-7-10(20(23)24)2-3-13(12)21/h2-7,18-19,21-22,25-28H,1H3. The molecule has 0 saturated carbocycles. The number of non-ortho nitro benzene ring substituents is 1. The number of nitro benzene ring substituents is 1. The van der Waals surface area contributed by atoms with Crippen LogP contribution in [0.25, 0.3) is 10.8 Å². The molecule has 0 bridgehead atoms. The fraction of sp³-hybridized carbons (Fsp3) is 0.0588. The van der Waals surface area contributed by atoms with E-state index >= 15 is 0 Å². The van der Waals surface area contributed by atoms with Crippen LogP contribution in [0.4, 0.5) is 17.1 Å². The van der Waals surface area contributed by atoms with Crippen LogP contribution in [0.5, 0.6) is 11.5 Å². The molecule has 3 aromatic rings. The summed E-state index contributed by atoms with van der Waals surface area (Å²) in [4.78, 5) is 10.2. The number of aryl methyl sites for hydroxylation is 1. The van der Waals surface area contributed by atoms with E-state index in [-0.39, 0.29) is 49.1 Å². The summed E-state index contributed by atoms with van der Waals surface area (Å²) in [5.74, 6) is -0.677. The first-order valence-corrected chi connectivity index (χ1v) is 10.7. The number of nitrogens with one attached hydrogen (secondary N) is 2.